The minimum Gasteiger partial charge on any atom is -0.478 e. The third kappa shape index (κ3) is 5.38. The molecular formula is C12H19NO4. The molecule has 0 radical (unpaired) electrons. The van der Waals surface area contributed by atoms with Crippen LogP contribution in [0.5, 0.6) is 0 Å². The molecule has 1 aliphatic carbocycles. The monoisotopic (exact) mass is 241 g/mol. The predicted octanol–water partition coefficient (Wildman–Crippen LogP) is 2.07. The van der Waals surface area contributed by atoms with Gasteiger partial charge in [-0.05, 0) is 40.0 Å². The highest BCUT2D eigenvalue weighted by Crippen LogP contribution is 2.24. The number of aliphatic carboxylic acids is 1. The first-order valence-electron chi connectivity index (χ1n) is 5.68. The third-order valence-corrected chi connectivity index (χ3v) is 2.37. The second-order valence-electron chi connectivity index (χ2n) is 5.23. The van der Waals surface area contributed by atoms with Crippen molar-refractivity contribution in [2.75, 3.05) is 0 Å². The highest BCUT2D eigenvalue weighted by Gasteiger charge is 2.24. The molecule has 0 heterocycles. The fourth-order valence-electron chi connectivity index (χ4n) is 1.78. The molecule has 0 aromatic heterocycles. The lowest BCUT2D eigenvalue weighted by atomic mass is 10.2. The van der Waals surface area contributed by atoms with Crippen LogP contribution >= 0.6 is 0 Å². The van der Waals surface area contributed by atoms with Crippen LogP contribution in [0, 0.1) is 0 Å². The smallest absolute Gasteiger partial charge is 0.407 e. The zero-order chi connectivity index (χ0) is 13.1. The molecule has 0 bridgehead atoms. The van der Waals surface area contributed by atoms with Gasteiger partial charge >= 0.3 is 12.1 Å². The van der Waals surface area contributed by atoms with E-state index in [0.29, 0.717) is 12.8 Å². The van der Waals surface area contributed by atoms with Crippen LogP contribution in [0.2, 0.25) is 0 Å². The summed E-state index contributed by atoms with van der Waals surface area (Å²) in [7, 11) is 0. The first-order chi connectivity index (χ1) is 7.76. The lowest BCUT2D eigenvalue weighted by molar-refractivity contribution is -0.131. The summed E-state index contributed by atoms with van der Waals surface area (Å²) >= 11 is 0. The summed E-state index contributed by atoms with van der Waals surface area (Å²) in [4.78, 5) is 22.0. The van der Waals surface area contributed by atoms with E-state index in [2.05, 4.69) is 5.32 Å². The molecule has 1 rings (SSSR count). The molecule has 1 fully saturated rings. The second-order valence-corrected chi connectivity index (χ2v) is 5.23. The molecule has 5 heteroatoms. The topological polar surface area (TPSA) is 75.6 Å². The van der Waals surface area contributed by atoms with E-state index in [4.69, 9.17) is 9.84 Å². The number of carbonyl (C=O) groups excluding carboxylic acids is 1. The Labute approximate surface area is 101 Å². The van der Waals surface area contributed by atoms with Crippen molar-refractivity contribution in [1.82, 2.24) is 5.32 Å². The number of hydrogen-bond acceptors (Lipinski definition) is 3. The van der Waals surface area contributed by atoms with Crippen molar-refractivity contribution in [3.63, 3.8) is 0 Å². The maximum atomic E-state index is 11.5. The number of amides is 1. The van der Waals surface area contributed by atoms with Gasteiger partial charge in [0.25, 0.3) is 0 Å². The largest absolute Gasteiger partial charge is 0.478 e. The first-order valence-corrected chi connectivity index (χ1v) is 5.68. The highest BCUT2D eigenvalue weighted by molar-refractivity contribution is 5.80. The molecule has 5 nitrogen and oxygen atoms in total. The van der Waals surface area contributed by atoms with E-state index in [0.717, 1.165) is 12.0 Å². The standard InChI is InChI=1S/C12H19NO4/c1-12(2,3)17-11(16)13-9-5-4-8(6-9)7-10(14)15/h7,9H,4-6H2,1-3H3,(H,13,16)(H,14,15)/b8-7+. The van der Waals surface area contributed by atoms with E-state index in [-0.39, 0.29) is 6.04 Å². The highest BCUT2D eigenvalue weighted by atomic mass is 16.6. The molecule has 1 atom stereocenters. The Morgan fingerprint density at radius 2 is 2.12 bits per heavy atom. The van der Waals surface area contributed by atoms with Gasteiger partial charge in [-0.3, -0.25) is 0 Å². The molecule has 1 unspecified atom stereocenters. The van der Waals surface area contributed by atoms with Crippen LogP contribution in [-0.4, -0.2) is 28.8 Å². The second kappa shape index (κ2) is 5.21. The zero-order valence-corrected chi connectivity index (χ0v) is 10.4. The van der Waals surface area contributed by atoms with E-state index < -0.39 is 17.7 Å². The minimum absolute atomic E-state index is 0.0181. The fourth-order valence-corrected chi connectivity index (χ4v) is 1.78. The summed E-state index contributed by atoms with van der Waals surface area (Å²) in [5.41, 5.74) is 0.348. The number of ether oxygens (including phenoxy) is 1. The molecule has 0 aromatic carbocycles. The summed E-state index contributed by atoms with van der Waals surface area (Å²) in [5.74, 6) is -0.932. The van der Waals surface area contributed by atoms with Crippen molar-refractivity contribution in [3.8, 4) is 0 Å². The molecular weight excluding hydrogens is 222 g/mol. The van der Waals surface area contributed by atoms with Crippen LogP contribution in [-0.2, 0) is 9.53 Å². The lowest BCUT2D eigenvalue weighted by Crippen LogP contribution is -2.37. The summed E-state index contributed by atoms with van der Waals surface area (Å²) in [6, 6.07) is -0.0181. The summed E-state index contributed by atoms with van der Waals surface area (Å²) in [6.07, 6.45) is 2.84. The van der Waals surface area contributed by atoms with Crippen molar-refractivity contribution in [3.05, 3.63) is 11.6 Å². The summed E-state index contributed by atoms with van der Waals surface area (Å²) in [5, 5.41) is 11.4. The van der Waals surface area contributed by atoms with Crippen LogP contribution in [0.3, 0.4) is 0 Å². The third-order valence-electron chi connectivity index (χ3n) is 2.37. The van der Waals surface area contributed by atoms with Gasteiger partial charge in [0.2, 0.25) is 0 Å². The van der Waals surface area contributed by atoms with Gasteiger partial charge in [-0.2, -0.15) is 0 Å². The molecule has 1 amide bonds. The first kappa shape index (κ1) is 13.5. The molecule has 17 heavy (non-hydrogen) atoms. The Kier molecular flexibility index (Phi) is 4.15. The molecule has 0 aromatic rings. The molecule has 96 valence electrons. The van der Waals surface area contributed by atoms with Gasteiger partial charge in [0.05, 0.1) is 0 Å². The van der Waals surface area contributed by atoms with E-state index in [1.54, 1.807) is 20.8 Å². The number of alkyl carbamates (subject to hydrolysis) is 1. The molecule has 1 saturated carbocycles. The van der Waals surface area contributed by atoms with Gasteiger partial charge in [0.15, 0.2) is 0 Å². The predicted molar refractivity (Wildman–Crippen MR) is 62.7 cm³/mol. The Hall–Kier alpha value is -1.52. The maximum absolute atomic E-state index is 11.5. The summed E-state index contributed by atoms with van der Waals surface area (Å²) in [6.45, 7) is 5.41. The molecule has 1 aliphatic rings. The van der Waals surface area contributed by atoms with Gasteiger partial charge in [-0.15, -0.1) is 0 Å². The quantitative estimate of drug-likeness (QED) is 0.726. The Morgan fingerprint density at radius 3 is 2.65 bits per heavy atom. The van der Waals surface area contributed by atoms with Crippen molar-refractivity contribution < 1.29 is 19.4 Å². The van der Waals surface area contributed by atoms with E-state index in [1.165, 1.54) is 6.08 Å². The number of carboxylic acid groups (broad SMARTS) is 1. The van der Waals surface area contributed by atoms with E-state index in [1.807, 2.05) is 0 Å². The van der Waals surface area contributed by atoms with Crippen LogP contribution in [0.25, 0.3) is 0 Å². The number of carboxylic acids is 1. The zero-order valence-electron chi connectivity index (χ0n) is 10.4. The van der Waals surface area contributed by atoms with Crippen molar-refractivity contribution in [2.24, 2.45) is 0 Å². The lowest BCUT2D eigenvalue weighted by Gasteiger charge is -2.21. The van der Waals surface area contributed by atoms with Gasteiger partial charge in [0.1, 0.15) is 5.60 Å². The molecule has 0 saturated heterocycles. The van der Waals surface area contributed by atoms with Crippen LogP contribution < -0.4 is 5.32 Å². The molecule has 2 N–H and O–H groups in total. The number of nitrogens with one attached hydrogen (secondary N) is 1. The van der Waals surface area contributed by atoms with E-state index >= 15 is 0 Å². The normalized spacial score (nSPS) is 22.5. The van der Waals surface area contributed by atoms with Gasteiger partial charge in [0, 0.05) is 12.1 Å². The van der Waals surface area contributed by atoms with Crippen molar-refractivity contribution in [1.29, 1.82) is 0 Å². The Balaban J connectivity index is 2.40. The van der Waals surface area contributed by atoms with E-state index in [9.17, 15) is 9.59 Å². The Morgan fingerprint density at radius 1 is 1.47 bits per heavy atom. The minimum atomic E-state index is -0.932. The van der Waals surface area contributed by atoms with Gasteiger partial charge in [-0.25, -0.2) is 9.59 Å². The molecule has 0 aliphatic heterocycles. The summed E-state index contributed by atoms with van der Waals surface area (Å²) < 4.78 is 5.13. The maximum Gasteiger partial charge on any atom is 0.407 e. The van der Waals surface area contributed by atoms with Crippen LogP contribution in [0.4, 0.5) is 4.79 Å². The fraction of sp³-hybridized carbons (Fsp3) is 0.667. The van der Waals surface area contributed by atoms with Crippen LogP contribution in [0.15, 0.2) is 11.6 Å². The number of hydrogen-bond donors (Lipinski definition) is 2. The number of rotatable bonds is 2. The van der Waals surface area contributed by atoms with Crippen molar-refractivity contribution in [2.45, 2.75) is 51.7 Å². The number of carbonyl (C=O) groups is 2. The van der Waals surface area contributed by atoms with Gasteiger partial charge < -0.3 is 15.2 Å². The average molecular weight is 241 g/mol. The Bertz CT molecular complexity index is 341. The van der Waals surface area contributed by atoms with Crippen molar-refractivity contribution >= 4 is 12.1 Å². The average Bonchev–Trinajstić information content (AvgIpc) is 2.46. The molecule has 0 spiro atoms. The SMILES string of the molecule is CC(C)(C)OC(=O)NC1CC/C(=C\C(=O)O)C1. The van der Waals surface area contributed by atoms with Crippen LogP contribution in [0.1, 0.15) is 40.0 Å². The van der Waals surface area contributed by atoms with Gasteiger partial charge in [-0.1, -0.05) is 5.57 Å².